The van der Waals surface area contributed by atoms with Crippen molar-refractivity contribution < 1.29 is 28.7 Å². The number of imide groups is 1. The van der Waals surface area contributed by atoms with Crippen LogP contribution in [0, 0.1) is 0 Å². The fourth-order valence-corrected chi connectivity index (χ4v) is 2.88. The van der Waals surface area contributed by atoms with Gasteiger partial charge in [0, 0.05) is 5.69 Å². The summed E-state index contributed by atoms with van der Waals surface area (Å²) in [6, 6.07) is 6.01. The first-order chi connectivity index (χ1) is 13.3. The number of hydrogen-bond donors (Lipinski definition) is 2. The van der Waals surface area contributed by atoms with Crippen molar-refractivity contribution in [3.8, 4) is 5.75 Å². The molecule has 9 heteroatoms. The predicted octanol–water partition coefficient (Wildman–Crippen LogP) is 1.68. The zero-order valence-electron chi connectivity index (χ0n) is 16.4. The molecule has 0 saturated carbocycles. The molecular weight excluding hydrogens is 366 g/mol. The maximum absolute atomic E-state index is 12.5. The van der Waals surface area contributed by atoms with E-state index in [-0.39, 0.29) is 0 Å². The number of benzene rings is 1. The molecule has 4 amide bonds. The Hall–Kier alpha value is -3.10. The Kier molecular flexibility index (Phi) is 6.61. The Labute approximate surface area is 163 Å². The van der Waals surface area contributed by atoms with Crippen LogP contribution in [0.4, 0.5) is 10.5 Å². The highest BCUT2D eigenvalue weighted by molar-refractivity contribution is 6.08. The van der Waals surface area contributed by atoms with Gasteiger partial charge in [-0.2, -0.15) is 0 Å². The topological polar surface area (TPSA) is 114 Å². The van der Waals surface area contributed by atoms with Crippen molar-refractivity contribution in [1.82, 2.24) is 10.2 Å². The van der Waals surface area contributed by atoms with Gasteiger partial charge in [-0.05, 0) is 44.0 Å². The van der Waals surface area contributed by atoms with Gasteiger partial charge in [0.25, 0.3) is 11.8 Å². The molecule has 0 aromatic heterocycles. The van der Waals surface area contributed by atoms with Crippen molar-refractivity contribution in [2.24, 2.45) is 0 Å². The van der Waals surface area contributed by atoms with Gasteiger partial charge in [-0.15, -0.1) is 0 Å². The number of amides is 4. The Morgan fingerprint density at radius 3 is 2.29 bits per heavy atom. The molecule has 28 heavy (non-hydrogen) atoms. The number of anilines is 1. The molecule has 1 atom stereocenters. The van der Waals surface area contributed by atoms with E-state index >= 15 is 0 Å². The van der Waals surface area contributed by atoms with Gasteiger partial charge >= 0.3 is 12.0 Å². The first-order valence-corrected chi connectivity index (χ1v) is 9.04. The monoisotopic (exact) mass is 391 g/mol. The van der Waals surface area contributed by atoms with Crippen LogP contribution in [0.5, 0.6) is 5.75 Å². The van der Waals surface area contributed by atoms with Gasteiger partial charge in [0.05, 0.1) is 7.11 Å². The first-order valence-electron chi connectivity index (χ1n) is 9.04. The molecule has 0 spiro atoms. The molecule has 1 aliphatic heterocycles. The van der Waals surface area contributed by atoms with E-state index in [1.165, 1.54) is 14.0 Å². The van der Waals surface area contributed by atoms with Gasteiger partial charge < -0.3 is 20.1 Å². The Bertz CT molecular complexity index is 757. The normalized spacial score (nSPS) is 16.4. The molecule has 1 heterocycles. The second kappa shape index (κ2) is 8.73. The number of esters is 1. The highest BCUT2D eigenvalue weighted by atomic mass is 16.5. The van der Waals surface area contributed by atoms with Gasteiger partial charge in [-0.3, -0.25) is 19.3 Å². The van der Waals surface area contributed by atoms with Gasteiger partial charge in [0.2, 0.25) is 0 Å². The third-order valence-corrected chi connectivity index (χ3v) is 4.78. The maximum Gasteiger partial charge on any atom is 0.327 e. The van der Waals surface area contributed by atoms with Crippen molar-refractivity contribution in [3.05, 3.63) is 24.3 Å². The zero-order chi connectivity index (χ0) is 20.9. The molecule has 2 N–H and O–H groups in total. The minimum atomic E-state index is -1.10. The van der Waals surface area contributed by atoms with Gasteiger partial charge in [0.1, 0.15) is 17.8 Å². The highest BCUT2D eigenvalue weighted by Crippen LogP contribution is 2.24. The molecule has 0 radical (unpaired) electrons. The third kappa shape index (κ3) is 4.41. The molecule has 0 bridgehead atoms. The molecule has 1 aromatic carbocycles. The number of nitrogens with one attached hydrogen (secondary N) is 2. The minimum absolute atomic E-state index is 0.417. The minimum Gasteiger partial charge on any atom is -0.497 e. The smallest absolute Gasteiger partial charge is 0.327 e. The van der Waals surface area contributed by atoms with E-state index in [4.69, 9.17) is 9.47 Å². The van der Waals surface area contributed by atoms with Crippen molar-refractivity contribution in [3.63, 3.8) is 0 Å². The van der Waals surface area contributed by atoms with Gasteiger partial charge in [-0.1, -0.05) is 13.8 Å². The summed E-state index contributed by atoms with van der Waals surface area (Å²) in [7, 11) is 1.53. The molecule has 2 rings (SSSR count). The number of carbonyl (C=O) groups is 4. The average Bonchev–Trinajstić information content (AvgIpc) is 2.93. The van der Waals surface area contributed by atoms with Gasteiger partial charge in [-0.25, -0.2) is 4.79 Å². The van der Waals surface area contributed by atoms with E-state index in [0.717, 1.165) is 4.90 Å². The predicted molar refractivity (Wildman–Crippen MR) is 101 cm³/mol. The summed E-state index contributed by atoms with van der Waals surface area (Å²) >= 11 is 0. The molecule has 0 unspecified atom stereocenters. The van der Waals surface area contributed by atoms with E-state index in [1.807, 2.05) is 0 Å². The van der Waals surface area contributed by atoms with Crippen molar-refractivity contribution in [1.29, 1.82) is 0 Å². The third-order valence-electron chi connectivity index (χ3n) is 4.78. The van der Waals surface area contributed by atoms with Crippen molar-refractivity contribution in [2.45, 2.75) is 45.3 Å². The average molecular weight is 391 g/mol. The molecule has 1 saturated heterocycles. The zero-order valence-corrected chi connectivity index (χ0v) is 16.4. The van der Waals surface area contributed by atoms with Crippen LogP contribution in [0.1, 0.15) is 33.6 Å². The summed E-state index contributed by atoms with van der Waals surface area (Å²) in [4.78, 5) is 49.7. The van der Waals surface area contributed by atoms with Crippen LogP contribution < -0.4 is 15.4 Å². The Morgan fingerprint density at radius 2 is 1.79 bits per heavy atom. The molecule has 1 aliphatic rings. The number of nitrogens with zero attached hydrogens (tertiary/aromatic N) is 1. The molecule has 1 fully saturated rings. The van der Waals surface area contributed by atoms with Crippen LogP contribution in [0.15, 0.2) is 24.3 Å². The highest BCUT2D eigenvalue weighted by Gasteiger charge is 2.49. The van der Waals surface area contributed by atoms with Crippen LogP contribution in [-0.4, -0.2) is 54.0 Å². The van der Waals surface area contributed by atoms with Crippen LogP contribution in [0.25, 0.3) is 0 Å². The molecular formula is C19H25N3O6. The van der Waals surface area contributed by atoms with Crippen LogP contribution in [-0.2, 0) is 19.1 Å². The fraction of sp³-hybridized carbons (Fsp3) is 0.474. The van der Waals surface area contributed by atoms with Crippen LogP contribution in [0.2, 0.25) is 0 Å². The number of urea groups is 1. The van der Waals surface area contributed by atoms with Gasteiger partial charge in [0.15, 0.2) is 6.10 Å². The van der Waals surface area contributed by atoms with Crippen LogP contribution >= 0.6 is 0 Å². The van der Waals surface area contributed by atoms with Crippen molar-refractivity contribution in [2.75, 3.05) is 19.0 Å². The second-order valence-electron chi connectivity index (χ2n) is 6.46. The Balaban J connectivity index is 1.92. The summed E-state index contributed by atoms with van der Waals surface area (Å²) in [5.74, 6) is -1.20. The lowest BCUT2D eigenvalue weighted by atomic mass is 9.93. The Morgan fingerprint density at radius 1 is 1.18 bits per heavy atom. The molecule has 9 nitrogen and oxygen atoms in total. The largest absolute Gasteiger partial charge is 0.497 e. The lowest BCUT2D eigenvalue weighted by Crippen LogP contribution is -2.46. The van der Waals surface area contributed by atoms with E-state index in [0.29, 0.717) is 24.3 Å². The summed E-state index contributed by atoms with van der Waals surface area (Å²) in [5.41, 5.74) is -0.479. The van der Waals surface area contributed by atoms with E-state index in [9.17, 15) is 19.2 Å². The molecule has 152 valence electrons. The second-order valence-corrected chi connectivity index (χ2v) is 6.46. The lowest BCUT2D eigenvalue weighted by molar-refractivity contribution is -0.155. The first kappa shape index (κ1) is 21.2. The quantitative estimate of drug-likeness (QED) is 0.515. The van der Waals surface area contributed by atoms with Crippen molar-refractivity contribution >= 4 is 29.5 Å². The summed E-state index contributed by atoms with van der Waals surface area (Å²) < 4.78 is 10.1. The number of hydrogen-bond acceptors (Lipinski definition) is 6. The molecule has 1 aromatic rings. The number of carbonyl (C=O) groups excluding carboxylic acids is 4. The number of rotatable bonds is 8. The van der Waals surface area contributed by atoms with E-state index < -0.39 is 42.0 Å². The van der Waals surface area contributed by atoms with Crippen LogP contribution in [0.3, 0.4) is 0 Å². The SMILES string of the molecule is CCC1(CC)NC(=O)N(CC(=O)O[C@H](C)C(=O)Nc2ccc(OC)cc2)C1=O. The maximum atomic E-state index is 12.5. The summed E-state index contributed by atoms with van der Waals surface area (Å²) in [5, 5.41) is 5.24. The lowest BCUT2D eigenvalue weighted by Gasteiger charge is -2.23. The summed E-state index contributed by atoms with van der Waals surface area (Å²) in [6.07, 6.45) is -0.266. The van der Waals surface area contributed by atoms with E-state index in [1.54, 1.807) is 38.1 Å². The molecule has 0 aliphatic carbocycles. The standard InChI is InChI=1S/C19H25N3O6/c1-5-19(6-2)17(25)22(18(26)21-19)11-15(23)28-12(3)16(24)20-13-7-9-14(27-4)10-8-13/h7-10,12H,5-6,11H2,1-4H3,(H,20,24)(H,21,26)/t12-/m1/s1. The number of methoxy groups -OCH3 is 1. The van der Waals surface area contributed by atoms with E-state index in [2.05, 4.69) is 10.6 Å². The fourth-order valence-electron chi connectivity index (χ4n) is 2.88. The summed E-state index contributed by atoms with van der Waals surface area (Å²) in [6.45, 7) is 4.43. The number of ether oxygens (including phenoxy) is 2.